The number of halogens is 2. The van der Waals surface area contributed by atoms with E-state index in [4.69, 9.17) is 4.52 Å². The average molecular weight is 196 g/mol. The minimum Gasteiger partial charge on any atom is -0.334 e. The third-order valence-electron chi connectivity index (χ3n) is 1.69. The van der Waals surface area contributed by atoms with Gasteiger partial charge in [0.2, 0.25) is 0 Å². The van der Waals surface area contributed by atoms with Gasteiger partial charge in [-0.3, -0.25) is 0 Å². The first-order valence-corrected chi connectivity index (χ1v) is 3.92. The van der Waals surface area contributed by atoms with Crippen LogP contribution in [0.2, 0.25) is 0 Å². The van der Waals surface area contributed by atoms with Crippen LogP contribution in [-0.4, -0.2) is 10.1 Å². The summed E-state index contributed by atoms with van der Waals surface area (Å²) in [4.78, 5) is 3.80. The van der Waals surface area contributed by atoms with Crippen LogP contribution in [0.1, 0.15) is 5.82 Å². The summed E-state index contributed by atoms with van der Waals surface area (Å²) in [6.07, 6.45) is 0. The van der Waals surface area contributed by atoms with Gasteiger partial charge in [-0.25, -0.2) is 8.78 Å². The lowest BCUT2D eigenvalue weighted by atomic mass is 10.2. The van der Waals surface area contributed by atoms with Crippen molar-refractivity contribution in [1.82, 2.24) is 10.1 Å². The standard InChI is InChI=1S/C9H6F2N2O/c1-5-12-9(14-13-5)7-4-6(10)2-3-8(7)11/h2-4H,1H3. The van der Waals surface area contributed by atoms with E-state index in [0.717, 1.165) is 18.2 Å². The van der Waals surface area contributed by atoms with Crippen LogP contribution in [0.15, 0.2) is 22.7 Å². The van der Waals surface area contributed by atoms with Gasteiger partial charge in [0.15, 0.2) is 5.82 Å². The van der Waals surface area contributed by atoms with Crippen molar-refractivity contribution in [2.24, 2.45) is 0 Å². The number of benzene rings is 1. The number of hydrogen-bond donors (Lipinski definition) is 0. The fourth-order valence-electron chi connectivity index (χ4n) is 1.07. The molecule has 0 saturated heterocycles. The van der Waals surface area contributed by atoms with E-state index in [9.17, 15) is 8.78 Å². The SMILES string of the molecule is Cc1noc(-c2cc(F)ccc2F)n1. The van der Waals surface area contributed by atoms with Gasteiger partial charge < -0.3 is 4.52 Å². The first-order valence-electron chi connectivity index (χ1n) is 3.92. The highest BCUT2D eigenvalue weighted by molar-refractivity contribution is 5.53. The van der Waals surface area contributed by atoms with E-state index < -0.39 is 11.6 Å². The molecular formula is C9H6F2N2O. The molecule has 0 aliphatic heterocycles. The minimum atomic E-state index is -0.588. The van der Waals surface area contributed by atoms with Crippen molar-refractivity contribution in [3.8, 4) is 11.5 Å². The molecule has 0 bridgehead atoms. The molecule has 1 heterocycles. The Hall–Kier alpha value is -1.78. The number of rotatable bonds is 1. The summed E-state index contributed by atoms with van der Waals surface area (Å²) in [6, 6.07) is 3.06. The Balaban J connectivity index is 2.55. The highest BCUT2D eigenvalue weighted by Gasteiger charge is 2.12. The molecule has 2 rings (SSSR count). The summed E-state index contributed by atoms with van der Waals surface area (Å²) in [7, 11) is 0. The molecule has 0 amide bonds. The Morgan fingerprint density at radius 2 is 2.07 bits per heavy atom. The van der Waals surface area contributed by atoms with Crippen LogP contribution in [0.5, 0.6) is 0 Å². The monoisotopic (exact) mass is 196 g/mol. The van der Waals surface area contributed by atoms with Gasteiger partial charge in [0, 0.05) is 0 Å². The average Bonchev–Trinajstić information content (AvgIpc) is 2.56. The van der Waals surface area contributed by atoms with Crippen LogP contribution in [0.25, 0.3) is 11.5 Å². The van der Waals surface area contributed by atoms with Crippen molar-refractivity contribution >= 4 is 0 Å². The first kappa shape index (κ1) is 8.80. The zero-order valence-electron chi connectivity index (χ0n) is 7.29. The molecule has 0 radical (unpaired) electrons. The molecule has 0 fully saturated rings. The molecule has 1 aromatic heterocycles. The third kappa shape index (κ3) is 1.48. The Morgan fingerprint density at radius 3 is 2.71 bits per heavy atom. The van der Waals surface area contributed by atoms with Crippen LogP contribution in [0.3, 0.4) is 0 Å². The summed E-state index contributed by atoms with van der Waals surface area (Å²) >= 11 is 0. The molecule has 5 heteroatoms. The molecule has 2 aromatic rings. The van der Waals surface area contributed by atoms with E-state index in [1.807, 2.05) is 0 Å². The number of hydrogen-bond acceptors (Lipinski definition) is 3. The van der Waals surface area contributed by atoms with E-state index in [0.29, 0.717) is 5.82 Å². The summed E-state index contributed by atoms with van der Waals surface area (Å²) < 4.78 is 30.7. The molecule has 0 unspecified atom stereocenters. The smallest absolute Gasteiger partial charge is 0.260 e. The van der Waals surface area contributed by atoms with E-state index in [-0.39, 0.29) is 11.5 Å². The predicted molar refractivity (Wildman–Crippen MR) is 44.4 cm³/mol. The van der Waals surface area contributed by atoms with Crippen LogP contribution < -0.4 is 0 Å². The second kappa shape index (κ2) is 3.17. The second-order valence-electron chi connectivity index (χ2n) is 2.77. The molecule has 0 N–H and O–H groups in total. The lowest BCUT2D eigenvalue weighted by Gasteiger charge is -1.96. The van der Waals surface area contributed by atoms with Gasteiger partial charge in [-0.05, 0) is 25.1 Å². The first-order chi connectivity index (χ1) is 6.66. The van der Waals surface area contributed by atoms with Crippen molar-refractivity contribution in [1.29, 1.82) is 0 Å². The van der Waals surface area contributed by atoms with E-state index in [1.54, 1.807) is 6.92 Å². The molecule has 3 nitrogen and oxygen atoms in total. The maximum atomic E-state index is 13.2. The van der Waals surface area contributed by atoms with Crippen LogP contribution in [-0.2, 0) is 0 Å². The van der Waals surface area contributed by atoms with Gasteiger partial charge in [0.05, 0.1) is 5.56 Å². The lowest BCUT2D eigenvalue weighted by Crippen LogP contribution is -1.86. The third-order valence-corrected chi connectivity index (χ3v) is 1.69. The molecular weight excluding hydrogens is 190 g/mol. The lowest BCUT2D eigenvalue weighted by molar-refractivity contribution is 0.423. The Labute approximate surface area is 78.4 Å². The van der Waals surface area contributed by atoms with E-state index >= 15 is 0 Å². The van der Waals surface area contributed by atoms with Gasteiger partial charge in [-0.15, -0.1) is 0 Å². The fourth-order valence-corrected chi connectivity index (χ4v) is 1.07. The van der Waals surface area contributed by atoms with E-state index in [2.05, 4.69) is 10.1 Å². The van der Waals surface area contributed by atoms with Gasteiger partial charge in [-0.1, -0.05) is 5.16 Å². The molecule has 0 spiro atoms. The van der Waals surface area contributed by atoms with Gasteiger partial charge in [0.1, 0.15) is 11.6 Å². The molecule has 0 atom stereocenters. The largest absolute Gasteiger partial charge is 0.334 e. The van der Waals surface area contributed by atoms with Crippen molar-refractivity contribution in [2.45, 2.75) is 6.92 Å². The van der Waals surface area contributed by atoms with Crippen molar-refractivity contribution in [3.05, 3.63) is 35.7 Å². The van der Waals surface area contributed by atoms with Crippen LogP contribution in [0.4, 0.5) is 8.78 Å². The highest BCUT2D eigenvalue weighted by atomic mass is 19.1. The fraction of sp³-hybridized carbons (Fsp3) is 0.111. The number of nitrogens with zero attached hydrogens (tertiary/aromatic N) is 2. The summed E-state index contributed by atoms with van der Waals surface area (Å²) in [5.41, 5.74) is -0.0226. The Kier molecular flexibility index (Phi) is 1.99. The zero-order chi connectivity index (χ0) is 10.1. The van der Waals surface area contributed by atoms with E-state index in [1.165, 1.54) is 0 Å². The Morgan fingerprint density at radius 1 is 1.29 bits per heavy atom. The second-order valence-corrected chi connectivity index (χ2v) is 2.77. The van der Waals surface area contributed by atoms with Gasteiger partial charge in [0.25, 0.3) is 5.89 Å². The number of aromatic nitrogens is 2. The quantitative estimate of drug-likeness (QED) is 0.702. The normalized spacial score (nSPS) is 10.5. The molecule has 14 heavy (non-hydrogen) atoms. The van der Waals surface area contributed by atoms with Crippen LogP contribution >= 0.6 is 0 Å². The molecule has 72 valence electrons. The Bertz CT molecular complexity index is 468. The molecule has 1 aromatic carbocycles. The minimum absolute atomic E-state index is 0.0144. The van der Waals surface area contributed by atoms with Crippen molar-refractivity contribution in [3.63, 3.8) is 0 Å². The highest BCUT2D eigenvalue weighted by Crippen LogP contribution is 2.21. The maximum absolute atomic E-state index is 13.2. The molecule has 0 aliphatic carbocycles. The van der Waals surface area contributed by atoms with Gasteiger partial charge in [-0.2, -0.15) is 4.98 Å². The molecule has 0 saturated carbocycles. The summed E-state index contributed by atoms with van der Waals surface area (Å²) in [5.74, 6) is -0.768. The van der Waals surface area contributed by atoms with Crippen molar-refractivity contribution in [2.75, 3.05) is 0 Å². The zero-order valence-corrected chi connectivity index (χ0v) is 7.29. The topological polar surface area (TPSA) is 38.9 Å². The van der Waals surface area contributed by atoms with Crippen LogP contribution in [0, 0.1) is 18.6 Å². The predicted octanol–water partition coefficient (Wildman–Crippen LogP) is 2.32. The maximum Gasteiger partial charge on any atom is 0.260 e. The number of aryl methyl sites for hydroxylation is 1. The van der Waals surface area contributed by atoms with Crippen molar-refractivity contribution < 1.29 is 13.3 Å². The van der Waals surface area contributed by atoms with Gasteiger partial charge >= 0.3 is 0 Å². The summed E-state index contributed by atoms with van der Waals surface area (Å²) in [5, 5.41) is 3.49. The summed E-state index contributed by atoms with van der Waals surface area (Å²) in [6.45, 7) is 1.60. The molecule has 0 aliphatic rings.